The molecule has 0 bridgehead atoms. The molecule has 1 heterocycles. The first-order valence-corrected chi connectivity index (χ1v) is 4.10. The zero-order chi connectivity index (χ0) is 9.14. The number of hydrogen-bond acceptors (Lipinski definition) is 5. The van der Waals surface area contributed by atoms with E-state index in [0.717, 1.165) is 4.88 Å². The fourth-order valence-corrected chi connectivity index (χ4v) is 1.46. The van der Waals surface area contributed by atoms with Gasteiger partial charge >= 0.3 is 5.97 Å². The van der Waals surface area contributed by atoms with E-state index in [1.54, 1.807) is 6.20 Å². The van der Waals surface area contributed by atoms with Gasteiger partial charge in [0, 0.05) is 17.5 Å². The molecule has 0 fully saturated rings. The molecule has 0 saturated heterocycles. The maximum Gasteiger partial charge on any atom is 0.320 e. The van der Waals surface area contributed by atoms with E-state index in [0.29, 0.717) is 5.13 Å². The molecule has 0 radical (unpaired) electrons. The van der Waals surface area contributed by atoms with E-state index in [-0.39, 0.29) is 6.42 Å². The lowest BCUT2D eigenvalue weighted by Crippen LogP contribution is -2.31. The number of nitrogens with two attached hydrogens (primary N) is 2. The van der Waals surface area contributed by atoms with Crippen LogP contribution in [-0.4, -0.2) is 22.1 Å². The number of anilines is 1. The lowest BCUT2D eigenvalue weighted by molar-refractivity contribution is -0.138. The van der Waals surface area contributed by atoms with Gasteiger partial charge in [0.05, 0.1) is 0 Å². The summed E-state index contributed by atoms with van der Waals surface area (Å²) in [6.07, 6.45) is 1.83. The SMILES string of the molecule is Nc1ncc(C[C@@H](N)C(=O)O)s1. The van der Waals surface area contributed by atoms with Crippen LogP contribution in [0.1, 0.15) is 4.88 Å². The lowest BCUT2D eigenvalue weighted by atomic mass is 10.2. The first-order chi connectivity index (χ1) is 5.59. The number of hydrogen-bond donors (Lipinski definition) is 3. The zero-order valence-electron chi connectivity index (χ0n) is 6.23. The topological polar surface area (TPSA) is 102 Å². The third-order valence-electron chi connectivity index (χ3n) is 1.31. The van der Waals surface area contributed by atoms with E-state index in [9.17, 15) is 4.79 Å². The van der Waals surface area contributed by atoms with Gasteiger partial charge in [-0.05, 0) is 0 Å². The highest BCUT2D eigenvalue weighted by molar-refractivity contribution is 7.15. The van der Waals surface area contributed by atoms with Crippen molar-refractivity contribution >= 4 is 22.4 Å². The molecule has 0 aliphatic rings. The Bertz CT molecular complexity index is 286. The van der Waals surface area contributed by atoms with Crippen molar-refractivity contribution in [1.82, 2.24) is 4.98 Å². The third-order valence-corrected chi connectivity index (χ3v) is 2.16. The lowest BCUT2D eigenvalue weighted by Gasteiger charge is -2.01. The fourth-order valence-electron chi connectivity index (χ4n) is 0.721. The normalized spacial score (nSPS) is 12.8. The molecule has 1 aromatic heterocycles. The highest BCUT2D eigenvalue weighted by atomic mass is 32.1. The van der Waals surface area contributed by atoms with E-state index in [1.165, 1.54) is 11.3 Å². The number of carboxylic acid groups (broad SMARTS) is 1. The number of nitrogens with zero attached hydrogens (tertiary/aromatic N) is 1. The number of aromatic nitrogens is 1. The molecule has 0 amide bonds. The van der Waals surface area contributed by atoms with Crippen LogP contribution in [0.3, 0.4) is 0 Å². The van der Waals surface area contributed by atoms with Crippen molar-refractivity contribution in [2.45, 2.75) is 12.5 Å². The van der Waals surface area contributed by atoms with Crippen LogP contribution in [0.15, 0.2) is 6.20 Å². The van der Waals surface area contributed by atoms with Crippen LogP contribution in [0, 0.1) is 0 Å². The predicted molar refractivity (Wildman–Crippen MR) is 45.8 cm³/mol. The third kappa shape index (κ3) is 2.18. The van der Waals surface area contributed by atoms with Gasteiger partial charge in [0.2, 0.25) is 0 Å². The standard InChI is InChI=1S/C6H9N3O2S/c7-4(5(10)11)1-3-2-9-6(8)12-3/h2,4H,1,7H2,(H2,8,9)(H,10,11)/t4-/m1/s1. The summed E-state index contributed by atoms with van der Waals surface area (Å²) in [7, 11) is 0. The van der Waals surface area contributed by atoms with E-state index >= 15 is 0 Å². The second-order valence-electron chi connectivity index (χ2n) is 2.31. The van der Waals surface area contributed by atoms with Crippen LogP contribution in [0.2, 0.25) is 0 Å². The molecular weight excluding hydrogens is 178 g/mol. The second kappa shape index (κ2) is 3.51. The molecule has 5 nitrogen and oxygen atoms in total. The molecule has 0 unspecified atom stereocenters. The van der Waals surface area contributed by atoms with Gasteiger partial charge in [-0.2, -0.15) is 0 Å². The van der Waals surface area contributed by atoms with Gasteiger partial charge in [-0.3, -0.25) is 4.79 Å². The van der Waals surface area contributed by atoms with Crippen molar-refractivity contribution in [3.8, 4) is 0 Å². The van der Waals surface area contributed by atoms with Gasteiger partial charge in [-0.1, -0.05) is 0 Å². The van der Waals surface area contributed by atoms with Crippen molar-refractivity contribution in [3.63, 3.8) is 0 Å². The highest BCUT2D eigenvalue weighted by Gasteiger charge is 2.13. The number of nitrogen functional groups attached to an aromatic ring is 1. The number of carbonyl (C=O) groups is 1. The predicted octanol–water partition coefficient (Wildman–Crippen LogP) is -0.320. The van der Waals surface area contributed by atoms with Crippen molar-refractivity contribution in [3.05, 3.63) is 11.1 Å². The van der Waals surface area contributed by atoms with Crippen LogP contribution in [0.4, 0.5) is 5.13 Å². The zero-order valence-corrected chi connectivity index (χ0v) is 7.04. The van der Waals surface area contributed by atoms with Gasteiger partial charge in [-0.25, -0.2) is 4.98 Å². The molecule has 6 heteroatoms. The van der Waals surface area contributed by atoms with Gasteiger partial charge < -0.3 is 16.6 Å². The number of carboxylic acids is 1. The maximum atomic E-state index is 10.3. The van der Waals surface area contributed by atoms with Crippen molar-refractivity contribution in [1.29, 1.82) is 0 Å². The first-order valence-electron chi connectivity index (χ1n) is 3.28. The minimum Gasteiger partial charge on any atom is -0.480 e. The summed E-state index contributed by atoms with van der Waals surface area (Å²) >= 11 is 1.26. The molecule has 5 N–H and O–H groups in total. The van der Waals surface area contributed by atoms with Crippen molar-refractivity contribution in [2.75, 3.05) is 5.73 Å². The minimum absolute atomic E-state index is 0.282. The van der Waals surface area contributed by atoms with E-state index in [1.807, 2.05) is 0 Å². The molecule has 0 aliphatic heterocycles. The Labute approximate surface area is 73.0 Å². The summed E-state index contributed by atoms with van der Waals surface area (Å²) < 4.78 is 0. The molecule has 66 valence electrons. The minimum atomic E-state index is -1.01. The molecular formula is C6H9N3O2S. The molecule has 12 heavy (non-hydrogen) atoms. The fraction of sp³-hybridized carbons (Fsp3) is 0.333. The summed E-state index contributed by atoms with van der Waals surface area (Å²) in [6.45, 7) is 0. The molecule has 0 saturated carbocycles. The first kappa shape index (κ1) is 8.95. The number of thiazole rings is 1. The highest BCUT2D eigenvalue weighted by Crippen LogP contribution is 2.15. The Morgan fingerprint density at radius 3 is 2.92 bits per heavy atom. The Hall–Kier alpha value is -1.14. The molecule has 1 aromatic rings. The largest absolute Gasteiger partial charge is 0.480 e. The smallest absolute Gasteiger partial charge is 0.320 e. The summed E-state index contributed by atoms with van der Waals surface area (Å²) in [4.78, 5) is 14.9. The van der Waals surface area contributed by atoms with Gasteiger partial charge in [-0.15, -0.1) is 11.3 Å². The Balaban J connectivity index is 2.58. The van der Waals surface area contributed by atoms with Crippen LogP contribution < -0.4 is 11.5 Å². The van der Waals surface area contributed by atoms with Gasteiger partial charge in [0.25, 0.3) is 0 Å². The van der Waals surface area contributed by atoms with Crippen LogP contribution in [-0.2, 0) is 11.2 Å². The monoisotopic (exact) mass is 187 g/mol. The van der Waals surface area contributed by atoms with E-state index in [4.69, 9.17) is 16.6 Å². The van der Waals surface area contributed by atoms with Gasteiger partial charge in [0.15, 0.2) is 5.13 Å². The maximum absolute atomic E-state index is 10.3. The average Bonchev–Trinajstić information content (AvgIpc) is 2.35. The molecule has 1 rings (SSSR count). The average molecular weight is 187 g/mol. The summed E-state index contributed by atoms with van der Waals surface area (Å²) in [5, 5.41) is 8.91. The Morgan fingerprint density at radius 1 is 1.83 bits per heavy atom. The van der Waals surface area contributed by atoms with E-state index in [2.05, 4.69) is 4.98 Å². The summed E-state index contributed by atoms with van der Waals surface area (Å²) in [5.74, 6) is -1.01. The molecule has 0 aromatic carbocycles. The van der Waals surface area contributed by atoms with Crippen molar-refractivity contribution < 1.29 is 9.90 Å². The number of rotatable bonds is 3. The summed E-state index contributed by atoms with van der Waals surface area (Å²) in [6, 6.07) is -0.871. The molecule has 0 spiro atoms. The molecule has 0 aliphatic carbocycles. The van der Waals surface area contributed by atoms with Crippen LogP contribution >= 0.6 is 11.3 Å². The van der Waals surface area contributed by atoms with E-state index < -0.39 is 12.0 Å². The Morgan fingerprint density at radius 2 is 2.50 bits per heavy atom. The quantitative estimate of drug-likeness (QED) is 0.601. The van der Waals surface area contributed by atoms with Crippen LogP contribution in [0.5, 0.6) is 0 Å². The van der Waals surface area contributed by atoms with Crippen LogP contribution in [0.25, 0.3) is 0 Å². The van der Waals surface area contributed by atoms with Gasteiger partial charge in [0.1, 0.15) is 6.04 Å². The summed E-state index contributed by atoms with van der Waals surface area (Å²) in [5.41, 5.74) is 10.6. The Kier molecular flexibility index (Phi) is 2.61. The number of aliphatic carboxylic acids is 1. The van der Waals surface area contributed by atoms with Crippen molar-refractivity contribution in [2.24, 2.45) is 5.73 Å². The second-order valence-corrected chi connectivity index (χ2v) is 3.46. The molecule has 1 atom stereocenters.